The van der Waals surface area contributed by atoms with E-state index in [0.29, 0.717) is 12.6 Å². The number of rotatable bonds is 4. The monoisotopic (exact) mass is 248 g/mol. The standard InChI is InChI=1S/C13H20N4O/c1-16(9-13(15)18)10-6-7-17(8-10)12-5-3-2-4-11(12)14/h2-5,10H,6-9,14H2,1H3,(H2,15,18). The number of hydrogen-bond acceptors (Lipinski definition) is 4. The third kappa shape index (κ3) is 2.73. The molecule has 1 aliphatic rings. The Morgan fingerprint density at radius 3 is 2.89 bits per heavy atom. The molecule has 5 heteroatoms. The highest BCUT2D eigenvalue weighted by Gasteiger charge is 2.27. The average molecular weight is 248 g/mol. The van der Waals surface area contributed by atoms with Gasteiger partial charge in [-0.3, -0.25) is 9.69 Å². The van der Waals surface area contributed by atoms with Crippen molar-refractivity contribution in [1.29, 1.82) is 0 Å². The molecule has 4 N–H and O–H groups in total. The van der Waals surface area contributed by atoms with Crippen molar-refractivity contribution in [1.82, 2.24) is 4.90 Å². The lowest BCUT2D eigenvalue weighted by molar-refractivity contribution is -0.119. The van der Waals surface area contributed by atoms with Gasteiger partial charge in [-0.1, -0.05) is 12.1 Å². The summed E-state index contributed by atoms with van der Waals surface area (Å²) in [5, 5.41) is 0. The molecule has 98 valence electrons. The third-order valence-corrected chi connectivity index (χ3v) is 3.47. The van der Waals surface area contributed by atoms with Gasteiger partial charge in [-0.05, 0) is 25.6 Å². The molecular weight excluding hydrogens is 228 g/mol. The van der Waals surface area contributed by atoms with Crippen molar-refractivity contribution in [3.05, 3.63) is 24.3 Å². The maximum absolute atomic E-state index is 10.9. The van der Waals surface area contributed by atoms with Crippen LogP contribution < -0.4 is 16.4 Å². The van der Waals surface area contributed by atoms with E-state index in [4.69, 9.17) is 11.5 Å². The van der Waals surface area contributed by atoms with Gasteiger partial charge in [0.1, 0.15) is 0 Å². The lowest BCUT2D eigenvalue weighted by Crippen LogP contribution is -2.40. The third-order valence-electron chi connectivity index (χ3n) is 3.47. The zero-order chi connectivity index (χ0) is 13.1. The quantitative estimate of drug-likeness (QED) is 0.750. The predicted molar refractivity (Wildman–Crippen MR) is 73.3 cm³/mol. The molecule has 1 aliphatic heterocycles. The van der Waals surface area contributed by atoms with Gasteiger partial charge < -0.3 is 16.4 Å². The zero-order valence-electron chi connectivity index (χ0n) is 10.7. The van der Waals surface area contributed by atoms with E-state index in [2.05, 4.69) is 4.90 Å². The van der Waals surface area contributed by atoms with Crippen LogP contribution in [-0.4, -0.2) is 43.5 Å². The summed E-state index contributed by atoms with van der Waals surface area (Å²) in [5.41, 5.74) is 13.1. The second kappa shape index (κ2) is 5.27. The number of nitrogens with two attached hydrogens (primary N) is 2. The van der Waals surface area contributed by atoms with Crippen LogP contribution in [0.5, 0.6) is 0 Å². The van der Waals surface area contributed by atoms with E-state index < -0.39 is 0 Å². The first-order valence-corrected chi connectivity index (χ1v) is 6.16. The number of nitrogens with zero attached hydrogens (tertiary/aromatic N) is 2. The summed E-state index contributed by atoms with van der Waals surface area (Å²) in [6.07, 6.45) is 1.03. The summed E-state index contributed by atoms with van der Waals surface area (Å²) < 4.78 is 0. The van der Waals surface area contributed by atoms with Crippen LogP contribution in [0.1, 0.15) is 6.42 Å². The molecule has 1 aromatic carbocycles. The molecule has 0 spiro atoms. The smallest absolute Gasteiger partial charge is 0.231 e. The van der Waals surface area contributed by atoms with Gasteiger partial charge in [-0.25, -0.2) is 0 Å². The average Bonchev–Trinajstić information content (AvgIpc) is 2.78. The molecule has 1 fully saturated rings. The molecule has 1 amide bonds. The van der Waals surface area contributed by atoms with E-state index >= 15 is 0 Å². The number of nitrogen functional groups attached to an aromatic ring is 1. The maximum atomic E-state index is 10.9. The molecule has 0 saturated carbocycles. The van der Waals surface area contributed by atoms with Crippen LogP contribution in [0, 0.1) is 0 Å². The van der Waals surface area contributed by atoms with Crippen LogP contribution in [0.3, 0.4) is 0 Å². The number of benzene rings is 1. The van der Waals surface area contributed by atoms with Gasteiger partial charge in [0.15, 0.2) is 0 Å². The predicted octanol–water partition coefficient (Wildman–Crippen LogP) is 0.265. The molecule has 1 unspecified atom stereocenters. The first-order chi connectivity index (χ1) is 8.58. The van der Waals surface area contributed by atoms with Crippen molar-refractivity contribution in [2.45, 2.75) is 12.5 Å². The summed E-state index contributed by atoms with van der Waals surface area (Å²) in [6, 6.07) is 8.23. The molecule has 1 saturated heterocycles. The molecule has 0 radical (unpaired) electrons. The Kier molecular flexibility index (Phi) is 3.72. The number of carbonyl (C=O) groups excluding carboxylic acids is 1. The van der Waals surface area contributed by atoms with Gasteiger partial charge in [0.2, 0.25) is 5.91 Å². The van der Waals surface area contributed by atoms with Crippen molar-refractivity contribution in [3.63, 3.8) is 0 Å². The molecule has 1 aromatic rings. The minimum absolute atomic E-state index is 0.282. The first-order valence-electron chi connectivity index (χ1n) is 6.16. The van der Waals surface area contributed by atoms with Crippen LogP contribution in [0.4, 0.5) is 11.4 Å². The van der Waals surface area contributed by atoms with E-state index in [-0.39, 0.29) is 5.91 Å². The van der Waals surface area contributed by atoms with E-state index in [1.54, 1.807) is 0 Å². The highest BCUT2D eigenvalue weighted by Crippen LogP contribution is 2.27. The fourth-order valence-electron chi connectivity index (χ4n) is 2.47. The molecule has 18 heavy (non-hydrogen) atoms. The first kappa shape index (κ1) is 12.7. The number of anilines is 2. The Bertz CT molecular complexity index is 435. The summed E-state index contributed by atoms with van der Waals surface area (Å²) in [6.45, 7) is 2.16. The normalized spacial score (nSPS) is 19.4. The number of likely N-dealkylation sites (N-methyl/N-ethyl adjacent to an activating group) is 1. The molecule has 2 rings (SSSR count). The summed E-state index contributed by atoms with van der Waals surface area (Å²) in [5.74, 6) is -0.282. The summed E-state index contributed by atoms with van der Waals surface area (Å²) >= 11 is 0. The molecule has 0 aliphatic carbocycles. The molecule has 1 atom stereocenters. The van der Waals surface area contributed by atoms with Gasteiger partial charge in [0.05, 0.1) is 17.9 Å². The largest absolute Gasteiger partial charge is 0.397 e. The van der Waals surface area contributed by atoms with Crippen molar-refractivity contribution < 1.29 is 4.79 Å². The second-order valence-electron chi connectivity index (χ2n) is 4.83. The van der Waals surface area contributed by atoms with Crippen molar-refractivity contribution in [2.24, 2.45) is 5.73 Å². The van der Waals surface area contributed by atoms with Gasteiger partial charge >= 0.3 is 0 Å². The van der Waals surface area contributed by atoms with Crippen LogP contribution in [0.25, 0.3) is 0 Å². The van der Waals surface area contributed by atoms with Crippen LogP contribution >= 0.6 is 0 Å². The maximum Gasteiger partial charge on any atom is 0.231 e. The second-order valence-corrected chi connectivity index (χ2v) is 4.83. The van der Waals surface area contributed by atoms with Gasteiger partial charge in [0.25, 0.3) is 0 Å². The van der Waals surface area contributed by atoms with Crippen LogP contribution in [-0.2, 0) is 4.79 Å². The Balaban J connectivity index is 2.00. The van der Waals surface area contributed by atoms with E-state index in [1.807, 2.05) is 36.2 Å². The van der Waals surface area contributed by atoms with E-state index in [0.717, 1.165) is 30.9 Å². The molecule has 5 nitrogen and oxygen atoms in total. The molecule has 1 heterocycles. The lowest BCUT2D eigenvalue weighted by Gasteiger charge is -2.24. The molecular formula is C13H20N4O. The van der Waals surface area contributed by atoms with Crippen molar-refractivity contribution >= 4 is 17.3 Å². The van der Waals surface area contributed by atoms with Crippen molar-refractivity contribution in [3.8, 4) is 0 Å². The number of primary amides is 1. The topological polar surface area (TPSA) is 75.6 Å². The van der Waals surface area contributed by atoms with Crippen molar-refractivity contribution in [2.75, 3.05) is 37.3 Å². The minimum atomic E-state index is -0.282. The number of hydrogen-bond donors (Lipinski definition) is 2. The zero-order valence-corrected chi connectivity index (χ0v) is 10.7. The Hall–Kier alpha value is -1.75. The Morgan fingerprint density at radius 1 is 1.50 bits per heavy atom. The van der Waals surface area contributed by atoms with E-state index in [1.165, 1.54) is 0 Å². The van der Waals surface area contributed by atoms with Gasteiger partial charge in [-0.2, -0.15) is 0 Å². The SMILES string of the molecule is CN(CC(N)=O)C1CCN(c2ccccc2N)C1. The summed E-state index contributed by atoms with van der Waals surface area (Å²) in [4.78, 5) is 15.2. The fourth-order valence-corrected chi connectivity index (χ4v) is 2.47. The molecule has 0 bridgehead atoms. The molecule has 0 aromatic heterocycles. The number of para-hydroxylation sites is 2. The highest BCUT2D eigenvalue weighted by molar-refractivity contribution is 5.76. The van der Waals surface area contributed by atoms with Crippen LogP contribution in [0.2, 0.25) is 0 Å². The van der Waals surface area contributed by atoms with Crippen LogP contribution in [0.15, 0.2) is 24.3 Å². The van der Waals surface area contributed by atoms with Gasteiger partial charge in [0, 0.05) is 19.1 Å². The van der Waals surface area contributed by atoms with Gasteiger partial charge in [-0.15, -0.1) is 0 Å². The Labute approximate surface area is 107 Å². The fraction of sp³-hybridized carbons (Fsp3) is 0.462. The number of carbonyl (C=O) groups is 1. The summed E-state index contributed by atoms with van der Waals surface area (Å²) in [7, 11) is 1.94. The highest BCUT2D eigenvalue weighted by atomic mass is 16.1. The Morgan fingerprint density at radius 2 is 2.22 bits per heavy atom. The van der Waals surface area contributed by atoms with E-state index in [9.17, 15) is 4.79 Å². The number of amides is 1. The lowest BCUT2D eigenvalue weighted by atomic mass is 10.2. The minimum Gasteiger partial charge on any atom is -0.397 e.